The molecule has 0 unspecified atom stereocenters. The fourth-order valence-electron chi connectivity index (χ4n) is 2.80. The van der Waals surface area contributed by atoms with Crippen LogP contribution in [0.4, 0.5) is 0 Å². The molecule has 212 valence electrons. The molecule has 0 amide bonds. The quantitative estimate of drug-likeness (QED) is 0.175. The van der Waals surface area contributed by atoms with Crippen molar-refractivity contribution in [1.82, 2.24) is 0 Å². The summed E-state index contributed by atoms with van der Waals surface area (Å²) in [7, 11) is 0. The molecule has 2 atom stereocenters. The second-order valence-corrected chi connectivity index (χ2v) is 8.30. The molecule has 4 rings (SSSR count). The molecule has 0 radical (unpaired) electrons. The molecule has 0 aliphatic rings. The lowest BCUT2D eigenvalue weighted by molar-refractivity contribution is -0.139. The van der Waals surface area contributed by atoms with E-state index < -0.39 is 24.0 Å². The van der Waals surface area contributed by atoms with Gasteiger partial charge in [-0.25, -0.2) is 0 Å². The van der Waals surface area contributed by atoms with Gasteiger partial charge in [-0.05, 0) is 72.5 Å². The number of para-hydroxylation sites is 2. The fraction of sp³-hybridized carbons (Fsp3) is 0.133. The zero-order chi connectivity index (χ0) is 29.9. The molecule has 0 aliphatic heterocycles. The van der Waals surface area contributed by atoms with Gasteiger partial charge in [-0.15, -0.1) is 0 Å². The van der Waals surface area contributed by atoms with Crippen LogP contribution in [0.3, 0.4) is 0 Å². The van der Waals surface area contributed by atoms with Crippen molar-refractivity contribution in [3.63, 3.8) is 0 Å². The molecule has 0 saturated heterocycles. The Morgan fingerprint density at radius 3 is 0.925 bits per heavy atom. The third kappa shape index (κ3) is 15.3. The molecule has 4 aromatic carbocycles. The van der Waals surface area contributed by atoms with Gasteiger partial charge in [0.2, 0.25) is 0 Å². The summed E-state index contributed by atoms with van der Waals surface area (Å²) in [6.07, 6.45) is 0.547. The summed E-state index contributed by atoms with van der Waals surface area (Å²) in [5, 5.41) is 52.2. The van der Waals surface area contributed by atoms with Crippen LogP contribution in [0.15, 0.2) is 109 Å². The minimum atomic E-state index is -1.02. The summed E-state index contributed by atoms with van der Waals surface area (Å²) >= 11 is 0. The van der Waals surface area contributed by atoms with Gasteiger partial charge < -0.3 is 42.1 Å². The lowest BCUT2D eigenvalue weighted by atomic mass is 10.1. The van der Waals surface area contributed by atoms with Crippen LogP contribution in [0.5, 0.6) is 23.0 Å². The second-order valence-electron chi connectivity index (χ2n) is 8.30. The predicted molar refractivity (Wildman–Crippen MR) is 151 cm³/mol. The van der Waals surface area contributed by atoms with Gasteiger partial charge in [-0.2, -0.15) is 0 Å². The maximum absolute atomic E-state index is 10.4. The normalized spacial score (nSPS) is 11.1. The standard InChI is InChI=1S/2C9H11NO3.2C6H6O/c2*10-8(9(12)13)5-6-1-3-7(11)4-2-6;2*7-6-4-2-1-3-5-6/h2*1-4,8,11H,5,10H2,(H,12,13);2*1-5,7H/t2*8-;;/m00../s1. The number of benzene rings is 4. The number of aromatic hydroxyl groups is 4. The Morgan fingerprint density at radius 1 is 0.475 bits per heavy atom. The topological polar surface area (TPSA) is 208 Å². The number of hydrogen-bond donors (Lipinski definition) is 8. The zero-order valence-corrected chi connectivity index (χ0v) is 21.6. The maximum atomic E-state index is 10.4. The summed E-state index contributed by atoms with van der Waals surface area (Å²) in [5.41, 5.74) is 12.2. The second kappa shape index (κ2) is 18.2. The van der Waals surface area contributed by atoms with E-state index >= 15 is 0 Å². The zero-order valence-electron chi connectivity index (χ0n) is 21.6. The number of carboxylic acids is 2. The first-order chi connectivity index (χ1) is 19.0. The summed E-state index contributed by atoms with van der Waals surface area (Å²) < 4.78 is 0. The van der Waals surface area contributed by atoms with Gasteiger partial charge in [0.05, 0.1) is 0 Å². The van der Waals surface area contributed by atoms with Gasteiger partial charge in [-0.3, -0.25) is 9.59 Å². The Hall–Kier alpha value is -5.06. The molecule has 0 fully saturated rings. The Kier molecular flexibility index (Phi) is 15.0. The number of rotatable bonds is 6. The van der Waals surface area contributed by atoms with Crippen LogP contribution in [0.1, 0.15) is 11.1 Å². The van der Waals surface area contributed by atoms with Crippen LogP contribution >= 0.6 is 0 Å². The van der Waals surface area contributed by atoms with Crippen LogP contribution in [-0.2, 0) is 22.4 Å². The Morgan fingerprint density at radius 2 is 0.725 bits per heavy atom. The highest BCUT2D eigenvalue weighted by Crippen LogP contribution is 2.11. The van der Waals surface area contributed by atoms with Crippen molar-refractivity contribution >= 4 is 11.9 Å². The number of phenols is 4. The minimum Gasteiger partial charge on any atom is -0.508 e. The van der Waals surface area contributed by atoms with Crippen LogP contribution in [0, 0.1) is 0 Å². The molecule has 0 bridgehead atoms. The smallest absolute Gasteiger partial charge is 0.320 e. The largest absolute Gasteiger partial charge is 0.508 e. The average Bonchev–Trinajstić information content (AvgIpc) is 2.93. The first kappa shape index (κ1) is 33.0. The number of aliphatic carboxylic acids is 2. The van der Waals surface area contributed by atoms with E-state index in [1.165, 1.54) is 24.3 Å². The number of hydrogen-bond acceptors (Lipinski definition) is 8. The Bertz CT molecular complexity index is 1150. The van der Waals surface area contributed by atoms with Gasteiger partial charge in [0.15, 0.2) is 0 Å². The van der Waals surface area contributed by atoms with Gasteiger partial charge in [0, 0.05) is 0 Å². The molecule has 0 spiro atoms. The van der Waals surface area contributed by atoms with Crippen molar-refractivity contribution in [2.24, 2.45) is 11.5 Å². The monoisotopic (exact) mass is 550 g/mol. The third-order valence-corrected chi connectivity index (χ3v) is 4.93. The van der Waals surface area contributed by atoms with Crippen molar-refractivity contribution in [2.75, 3.05) is 0 Å². The van der Waals surface area contributed by atoms with Gasteiger partial charge in [-0.1, -0.05) is 60.7 Å². The van der Waals surface area contributed by atoms with Crippen LogP contribution < -0.4 is 11.5 Å². The van der Waals surface area contributed by atoms with E-state index in [1.807, 2.05) is 12.1 Å². The number of phenolic OH excluding ortho intramolecular Hbond substituents is 4. The molecule has 0 aromatic heterocycles. The molecular formula is C30H34N2O8. The van der Waals surface area contributed by atoms with Gasteiger partial charge in [0.1, 0.15) is 35.1 Å². The lowest BCUT2D eigenvalue weighted by Crippen LogP contribution is -2.32. The van der Waals surface area contributed by atoms with Crippen molar-refractivity contribution in [1.29, 1.82) is 0 Å². The van der Waals surface area contributed by atoms with E-state index in [0.29, 0.717) is 11.5 Å². The summed E-state index contributed by atoms with van der Waals surface area (Å²) in [4.78, 5) is 20.8. The maximum Gasteiger partial charge on any atom is 0.320 e. The van der Waals surface area contributed by atoms with Crippen LogP contribution in [0.2, 0.25) is 0 Å². The van der Waals surface area contributed by atoms with E-state index in [9.17, 15) is 9.59 Å². The Labute approximate surface area is 232 Å². The molecule has 4 aromatic rings. The molecule has 40 heavy (non-hydrogen) atoms. The van der Waals surface area contributed by atoms with Crippen molar-refractivity contribution in [2.45, 2.75) is 24.9 Å². The van der Waals surface area contributed by atoms with Crippen molar-refractivity contribution < 1.29 is 40.2 Å². The molecule has 10 N–H and O–H groups in total. The average molecular weight is 551 g/mol. The van der Waals surface area contributed by atoms with E-state index in [1.54, 1.807) is 72.8 Å². The highest BCUT2D eigenvalue weighted by Gasteiger charge is 2.12. The predicted octanol–water partition coefficient (Wildman–Crippen LogP) is 3.48. The van der Waals surface area contributed by atoms with E-state index in [4.69, 9.17) is 42.1 Å². The van der Waals surface area contributed by atoms with E-state index in [-0.39, 0.29) is 24.3 Å². The van der Waals surface area contributed by atoms with Crippen LogP contribution in [-0.4, -0.2) is 54.7 Å². The van der Waals surface area contributed by atoms with E-state index in [0.717, 1.165) is 11.1 Å². The molecular weight excluding hydrogens is 516 g/mol. The molecule has 0 aliphatic carbocycles. The van der Waals surface area contributed by atoms with Gasteiger partial charge >= 0.3 is 11.9 Å². The highest BCUT2D eigenvalue weighted by atomic mass is 16.4. The van der Waals surface area contributed by atoms with E-state index in [2.05, 4.69) is 0 Å². The van der Waals surface area contributed by atoms with Crippen molar-refractivity contribution in [3.8, 4) is 23.0 Å². The minimum absolute atomic E-state index is 0.160. The molecule has 0 heterocycles. The summed E-state index contributed by atoms with van der Waals surface area (Å²) in [6.45, 7) is 0. The SMILES string of the molecule is N[C@@H](Cc1ccc(O)cc1)C(=O)O.N[C@@H](Cc1ccc(O)cc1)C(=O)O.Oc1ccccc1.Oc1ccccc1. The number of carboxylic acid groups (broad SMARTS) is 2. The first-order valence-corrected chi connectivity index (χ1v) is 12.0. The van der Waals surface area contributed by atoms with Crippen LogP contribution in [0.25, 0.3) is 0 Å². The van der Waals surface area contributed by atoms with Crippen molar-refractivity contribution in [3.05, 3.63) is 120 Å². The first-order valence-electron chi connectivity index (χ1n) is 12.0. The molecule has 10 nitrogen and oxygen atoms in total. The Balaban J connectivity index is 0.000000277. The fourth-order valence-corrected chi connectivity index (χ4v) is 2.80. The molecule has 0 saturated carbocycles. The molecule has 10 heteroatoms. The highest BCUT2D eigenvalue weighted by molar-refractivity contribution is 5.73. The third-order valence-electron chi connectivity index (χ3n) is 4.93. The number of nitrogens with two attached hydrogens (primary N) is 2. The summed E-state index contributed by atoms with van der Waals surface area (Å²) in [5.74, 6) is -1.08. The van der Waals surface area contributed by atoms with Gasteiger partial charge in [0.25, 0.3) is 0 Å². The summed E-state index contributed by atoms with van der Waals surface area (Å²) in [6, 6.07) is 28.3. The lowest BCUT2D eigenvalue weighted by Gasteiger charge is -2.05. The number of carbonyl (C=O) groups is 2.